The molecular formula is C22H25FN2O4. The van der Waals surface area contributed by atoms with Gasteiger partial charge in [0.25, 0.3) is 0 Å². The van der Waals surface area contributed by atoms with Gasteiger partial charge in [0.1, 0.15) is 5.82 Å². The second kappa shape index (κ2) is 9.24. The second-order valence-electron chi connectivity index (χ2n) is 7.48. The van der Waals surface area contributed by atoms with Gasteiger partial charge < -0.3 is 19.5 Å². The lowest BCUT2D eigenvalue weighted by atomic mass is 9.98. The summed E-state index contributed by atoms with van der Waals surface area (Å²) in [5.41, 5.74) is 1.69. The van der Waals surface area contributed by atoms with Crippen LogP contribution in [0, 0.1) is 11.7 Å². The molecule has 1 saturated heterocycles. The lowest BCUT2D eigenvalue weighted by molar-refractivity contribution is -0.117. The first-order valence-corrected chi connectivity index (χ1v) is 9.90. The zero-order valence-corrected chi connectivity index (χ0v) is 16.2. The second-order valence-corrected chi connectivity index (χ2v) is 7.48. The van der Waals surface area contributed by atoms with E-state index in [1.54, 1.807) is 24.3 Å². The van der Waals surface area contributed by atoms with Crippen LogP contribution in [0.3, 0.4) is 0 Å². The van der Waals surface area contributed by atoms with Crippen LogP contribution in [0.1, 0.15) is 18.4 Å². The monoisotopic (exact) mass is 400 g/mol. The van der Waals surface area contributed by atoms with Crippen LogP contribution in [0.5, 0.6) is 11.5 Å². The number of piperidine rings is 1. The van der Waals surface area contributed by atoms with E-state index in [1.165, 1.54) is 12.1 Å². The summed E-state index contributed by atoms with van der Waals surface area (Å²) in [6.07, 6.45) is 2.00. The van der Waals surface area contributed by atoms with Crippen molar-refractivity contribution >= 4 is 11.6 Å². The first-order chi connectivity index (χ1) is 14.2. The summed E-state index contributed by atoms with van der Waals surface area (Å²) < 4.78 is 29.3. The molecule has 0 atom stereocenters. The number of hydrogen-bond acceptors (Lipinski definition) is 5. The van der Waals surface area contributed by atoms with Gasteiger partial charge >= 0.3 is 0 Å². The highest BCUT2D eigenvalue weighted by molar-refractivity contribution is 5.92. The number of nitrogens with one attached hydrogen (secondary N) is 1. The Bertz CT molecular complexity index is 835. The van der Waals surface area contributed by atoms with E-state index in [-0.39, 0.29) is 18.5 Å². The van der Waals surface area contributed by atoms with Crippen molar-refractivity contribution in [3.63, 3.8) is 0 Å². The van der Waals surface area contributed by atoms with E-state index < -0.39 is 0 Å². The van der Waals surface area contributed by atoms with E-state index in [1.807, 2.05) is 6.07 Å². The van der Waals surface area contributed by atoms with Crippen molar-refractivity contribution in [2.75, 3.05) is 38.4 Å². The van der Waals surface area contributed by atoms with Crippen molar-refractivity contribution in [3.05, 3.63) is 53.8 Å². The van der Waals surface area contributed by atoms with Crippen LogP contribution in [0.15, 0.2) is 42.5 Å². The molecule has 0 aliphatic carbocycles. The summed E-state index contributed by atoms with van der Waals surface area (Å²) in [6.45, 7) is 3.53. The molecule has 0 radical (unpaired) electrons. The third-order valence-electron chi connectivity index (χ3n) is 5.27. The predicted molar refractivity (Wildman–Crippen MR) is 106 cm³/mol. The highest BCUT2D eigenvalue weighted by Crippen LogP contribution is 2.34. The average molecular weight is 400 g/mol. The Hall–Kier alpha value is -2.64. The van der Waals surface area contributed by atoms with Crippen LogP contribution in [0.25, 0.3) is 0 Å². The van der Waals surface area contributed by atoms with E-state index in [0.717, 1.165) is 31.5 Å². The molecule has 0 spiro atoms. The minimum atomic E-state index is -0.233. The fourth-order valence-electron chi connectivity index (χ4n) is 3.61. The van der Waals surface area contributed by atoms with Crippen molar-refractivity contribution in [1.82, 2.24) is 4.90 Å². The van der Waals surface area contributed by atoms with Gasteiger partial charge in [-0.15, -0.1) is 0 Å². The molecule has 0 saturated carbocycles. The normalized spacial score (nSPS) is 16.7. The summed E-state index contributed by atoms with van der Waals surface area (Å²) in [7, 11) is 0. The Morgan fingerprint density at radius 3 is 2.66 bits per heavy atom. The molecule has 2 aromatic carbocycles. The molecule has 4 rings (SSSR count). The van der Waals surface area contributed by atoms with Crippen LogP contribution < -0.4 is 14.8 Å². The smallest absolute Gasteiger partial charge is 0.238 e. The van der Waals surface area contributed by atoms with Crippen molar-refractivity contribution in [3.8, 4) is 11.5 Å². The van der Waals surface area contributed by atoms with Crippen molar-refractivity contribution in [1.29, 1.82) is 0 Å². The van der Waals surface area contributed by atoms with Gasteiger partial charge in [-0.2, -0.15) is 0 Å². The zero-order valence-electron chi connectivity index (χ0n) is 16.2. The van der Waals surface area contributed by atoms with Gasteiger partial charge in [0, 0.05) is 18.4 Å². The highest BCUT2D eigenvalue weighted by Gasteiger charge is 2.21. The topological polar surface area (TPSA) is 60.0 Å². The number of halogens is 1. The number of ether oxygens (including phenoxy) is 3. The number of fused-ring (bicyclic) bond motifs is 1. The molecule has 6 nitrogen and oxygen atoms in total. The number of hydrogen-bond donors (Lipinski definition) is 1. The number of nitrogens with zero attached hydrogens (tertiary/aromatic N) is 1. The van der Waals surface area contributed by atoms with Gasteiger partial charge in [-0.3, -0.25) is 9.69 Å². The molecule has 1 fully saturated rings. The zero-order chi connectivity index (χ0) is 20.1. The molecule has 1 N–H and O–H groups in total. The minimum Gasteiger partial charge on any atom is -0.454 e. The third-order valence-corrected chi connectivity index (χ3v) is 5.27. The van der Waals surface area contributed by atoms with E-state index >= 15 is 0 Å². The van der Waals surface area contributed by atoms with Gasteiger partial charge in [-0.05, 0) is 61.7 Å². The van der Waals surface area contributed by atoms with Gasteiger partial charge in [-0.25, -0.2) is 4.39 Å². The SMILES string of the molecule is O=C(CN1CCC(COCc2ccc(F)cc2)CC1)Nc1ccc2c(c1)OCO2. The van der Waals surface area contributed by atoms with E-state index in [2.05, 4.69) is 10.2 Å². The van der Waals surface area contributed by atoms with E-state index in [9.17, 15) is 9.18 Å². The fourth-order valence-corrected chi connectivity index (χ4v) is 3.61. The first-order valence-electron chi connectivity index (χ1n) is 9.90. The standard InChI is InChI=1S/C22H25FN2O4/c23-18-3-1-16(2-4-18)13-27-14-17-7-9-25(10-8-17)12-22(26)24-19-5-6-20-21(11-19)29-15-28-20/h1-6,11,17H,7-10,12-15H2,(H,24,26). The van der Waals surface area contributed by atoms with Crippen LogP contribution in [0.4, 0.5) is 10.1 Å². The summed E-state index contributed by atoms with van der Waals surface area (Å²) >= 11 is 0. The van der Waals surface area contributed by atoms with Crippen molar-refractivity contribution in [2.45, 2.75) is 19.4 Å². The Morgan fingerprint density at radius 2 is 1.86 bits per heavy atom. The maximum absolute atomic E-state index is 12.9. The molecular weight excluding hydrogens is 375 g/mol. The van der Waals surface area contributed by atoms with Crippen LogP contribution in [0.2, 0.25) is 0 Å². The summed E-state index contributed by atoms with van der Waals surface area (Å²) in [6, 6.07) is 11.8. The van der Waals surface area contributed by atoms with Crippen LogP contribution >= 0.6 is 0 Å². The molecule has 2 heterocycles. The van der Waals surface area contributed by atoms with Gasteiger partial charge in [0.05, 0.1) is 13.2 Å². The molecule has 154 valence electrons. The van der Waals surface area contributed by atoms with Crippen LogP contribution in [-0.2, 0) is 16.1 Å². The van der Waals surface area contributed by atoms with Gasteiger partial charge in [0.15, 0.2) is 11.5 Å². The molecule has 29 heavy (non-hydrogen) atoms. The van der Waals surface area contributed by atoms with Crippen molar-refractivity contribution < 1.29 is 23.4 Å². The predicted octanol–water partition coefficient (Wildman–Crippen LogP) is 3.42. The molecule has 1 amide bonds. The minimum absolute atomic E-state index is 0.0325. The summed E-state index contributed by atoms with van der Waals surface area (Å²) in [5.74, 6) is 1.58. The Balaban J connectivity index is 1.15. The molecule has 0 bridgehead atoms. The molecule has 2 aliphatic rings. The fraction of sp³-hybridized carbons (Fsp3) is 0.409. The van der Waals surface area contributed by atoms with Crippen molar-refractivity contribution in [2.24, 2.45) is 5.92 Å². The van der Waals surface area contributed by atoms with Crippen LogP contribution in [-0.4, -0.2) is 43.8 Å². The molecule has 2 aromatic rings. The lowest BCUT2D eigenvalue weighted by Crippen LogP contribution is -2.40. The van der Waals surface area contributed by atoms with E-state index in [4.69, 9.17) is 14.2 Å². The number of carbonyl (C=O) groups excluding carboxylic acids is 1. The number of amides is 1. The Labute approximate surface area is 169 Å². The van der Waals surface area contributed by atoms with Gasteiger partial charge in [0.2, 0.25) is 12.7 Å². The number of likely N-dealkylation sites (tertiary alicyclic amines) is 1. The maximum Gasteiger partial charge on any atom is 0.238 e. The van der Waals surface area contributed by atoms with E-state index in [0.29, 0.717) is 42.9 Å². The lowest BCUT2D eigenvalue weighted by Gasteiger charge is -2.31. The van der Waals surface area contributed by atoms with Gasteiger partial charge in [-0.1, -0.05) is 12.1 Å². The third kappa shape index (κ3) is 5.46. The molecule has 0 unspecified atom stereocenters. The Morgan fingerprint density at radius 1 is 1.10 bits per heavy atom. The highest BCUT2D eigenvalue weighted by atomic mass is 19.1. The summed E-state index contributed by atoms with van der Waals surface area (Å²) in [5, 5.41) is 2.92. The molecule has 2 aliphatic heterocycles. The first kappa shape index (κ1) is 19.7. The largest absolute Gasteiger partial charge is 0.454 e. The number of benzene rings is 2. The molecule has 0 aromatic heterocycles. The average Bonchev–Trinajstić information content (AvgIpc) is 3.19. The maximum atomic E-state index is 12.9. The number of anilines is 1. The number of rotatable bonds is 7. The quantitative estimate of drug-likeness (QED) is 0.772. The summed E-state index contributed by atoms with van der Waals surface area (Å²) in [4.78, 5) is 14.5. The molecule has 7 heteroatoms. The number of carbonyl (C=O) groups is 1. The Kier molecular flexibility index (Phi) is 6.27.